The summed E-state index contributed by atoms with van der Waals surface area (Å²) in [4.78, 5) is 4.45. The summed E-state index contributed by atoms with van der Waals surface area (Å²) in [6.45, 7) is 0. The SMILES string of the molecule is CSc1ccc(/C=N/NC(N)=S)c(SC)n1. The van der Waals surface area contributed by atoms with Gasteiger partial charge in [-0.15, -0.1) is 23.5 Å². The number of nitrogens with zero attached hydrogens (tertiary/aromatic N) is 2. The predicted molar refractivity (Wildman–Crippen MR) is 75.3 cm³/mol. The molecule has 0 saturated carbocycles. The zero-order valence-corrected chi connectivity index (χ0v) is 11.4. The van der Waals surface area contributed by atoms with Crippen molar-refractivity contribution in [1.29, 1.82) is 0 Å². The fourth-order valence-electron chi connectivity index (χ4n) is 0.975. The maximum atomic E-state index is 5.26. The molecule has 0 saturated heterocycles. The molecular formula is C9H12N4S3. The minimum Gasteiger partial charge on any atom is -0.375 e. The van der Waals surface area contributed by atoms with Crippen molar-refractivity contribution < 1.29 is 0 Å². The normalized spacial score (nSPS) is 10.6. The Kier molecular flexibility index (Phi) is 5.58. The molecule has 0 aliphatic carbocycles. The molecule has 0 amide bonds. The smallest absolute Gasteiger partial charge is 0.184 e. The van der Waals surface area contributed by atoms with Crippen molar-refractivity contribution in [3.8, 4) is 0 Å². The van der Waals surface area contributed by atoms with Gasteiger partial charge >= 0.3 is 0 Å². The van der Waals surface area contributed by atoms with Crippen LogP contribution >= 0.6 is 35.7 Å². The van der Waals surface area contributed by atoms with Crippen molar-refractivity contribution in [2.45, 2.75) is 10.1 Å². The van der Waals surface area contributed by atoms with E-state index in [4.69, 9.17) is 5.73 Å². The molecule has 7 heteroatoms. The molecular weight excluding hydrogens is 260 g/mol. The Labute approximate surface area is 108 Å². The summed E-state index contributed by atoms with van der Waals surface area (Å²) in [7, 11) is 0. The summed E-state index contributed by atoms with van der Waals surface area (Å²) in [5.41, 5.74) is 8.70. The molecule has 0 unspecified atom stereocenters. The van der Waals surface area contributed by atoms with Crippen LogP contribution in [0.5, 0.6) is 0 Å². The number of hydrazone groups is 1. The number of hydrogen-bond donors (Lipinski definition) is 2. The second-order valence-corrected chi connectivity index (χ2v) is 4.75. The molecule has 86 valence electrons. The van der Waals surface area contributed by atoms with E-state index < -0.39 is 0 Å². The minimum absolute atomic E-state index is 0.149. The highest BCUT2D eigenvalue weighted by atomic mass is 32.2. The Bertz CT molecular complexity index is 406. The molecule has 1 rings (SSSR count). The average Bonchev–Trinajstić information content (AvgIpc) is 2.29. The van der Waals surface area contributed by atoms with Crippen molar-refractivity contribution in [3.05, 3.63) is 17.7 Å². The molecule has 3 N–H and O–H groups in total. The van der Waals surface area contributed by atoms with Crippen LogP contribution in [0, 0.1) is 0 Å². The number of thioether (sulfide) groups is 2. The summed E-state index contributed by atoms with van der Waals surface area (Å²) in [5, 5.41) is 5.97. The Morgan fingerprint density at radius 2 is 2.25 bits per heavy atom. The first-order valence-electron chi connectivity index (χ1n) is 4.35. The van der Waals surface area contributed by atoms with Crippen LogP contribution in [0.15, 0.2) is 27.3 Å². The third-order valence-electron chi connectivity index (χ3n) is 1.65. The topological polar surface area (TPSA) is 63.3 Å². The fraction of sp³-hybridized carbons (Fsp3) is 0.222. The third-order valence-corrected chi connectivity index (χ3v) is 3.10. The van der Waals surface area contributed by atoms with Gasteiger partial charge in [-0.2, -0.15) is 5.10 Å². The van der Waals surface area contributed by atoms with Gasteiger partial charge in [-0.25, -0.2) is 4.98 Å². The second kappa shape index (κ2) is 6.72. The summed E-state index contributed by atoms with van der Waals surface area (Å²) < 4.78 is 0. The summed E-state index contributed by atoms with van der Waals surface area (Å²) in [6, 6.07) is 3.92. The number of hydrogen-bond acceptors (Lipinski definition) is 5. The summed E-state index contributed by atoms with van der Waals surface area (Å²) in [6.07, 6.45) is 5.63. The standard InChI is InChI=1S/C9H12N4S3/c1-15-7-4-3-6(8(12-7)16-2)5-11-13-9(10)14/h3-5H,1-2H3,(H3,10,13,14)/b11-5+. The summed E-state index contributed by atoms with van der Waals surface area (Å²) >= 11 is 7.83. The largest absolute Gasteiger partial charge is 0.375 e. The number of rotatable bonds is 4. The van der Waals surface area contributed by atoms with E-state index in [2.05, 4.69) is 27.7 Å². The van der Waals surface area contributed by atoms with Gasteiger partial charge in [-0.3, -0.25) is 5.43 Å². The van der Waals surface area contributed by atoms with E-state index >= 15 is 0 Å². The van der Waals surface area contributed by atoms with Gasteiger partial charge < -0.3 is 5.73 Å². The monoisotopic (exact) mass is 272 g/mol. The quantitative estimate of drug-likeness (QED) is 0.376. The summed E-state index contributed by atoms with van der Waals surface area (Å²) in [5.74, 6) is 0. The molecule has 0 aromatic carbocycles. The van der Waals surface area contributed by atoms with Gasteiger partial charge in [-0.1, -0.05) is 0 Å². The van der Waals surface area contributed by atoms with Crippen LogP contribution in [0.2, 0.25) is 0 Å². The maximum Gasteiger partial charge on any atom is 0.184 e. The molecule has 0 atom stereocenters. The number of nitrogens with two attached hydrogens (primary N) is 1. The van der Waals surface area contributed by atoms with Gasteiger partial charge in [-0.05, 0) is 36.9 Å². The first-order chi connectivity index (χ1) is 7.67. The molecule has 1 aromatic heterocycles. The van der Waals surface area contributed by atoms with Crippen LogP contribution in [0.25, 0.3) is 0 Å². The number of thiocarbonyl (C=S) groups is 1. The second-order valence-electron chi connectivity index (χ2n) is 2.69. The van der Waals surface area contributed by atoms with Crippen molar-refractivity contribution in [3.63, 3.8) is 0 Å². The Hall–Kier alpha value is -0.790. The van der Waals surface area contributed by atoms with E-state index in [0.717, 1.165) is 15.6 Å². The van der Waals surface area contributed by atoms with Gasteiger partial charge in [0, 0.05) is 5.56 Å². The van der Waals surface area contributed by atoms with E-state index in [-0.39, 0.29) is 5.11 Å². The van der Waals surface area contributed by atoms with Gasteiger partial charge in [0.15, 0.2) is 5.11 Å². The van der Waals surface area contributed by atoms with Crippen LogP contribution in [-0.4, -0.2) is 28.8 Å². The van der Waals surface area contributed by atoms with Gasteiger partial charge in [0.1, 0.15) is 5.03 Å². The van der Waals surface area contributed by atoms with Crippen LogP contribution in [-0.2, 0) is 0 Å². The van der Waals surface area contributed by atoms with Crippen molar-refractivity contribution in [2.75, 3.05) is 12.5 Å². The third kappa shape index (κ3) is 3.99. The van der Waals surface area contributed by atoms with Crippen molar-refractivity contribution in [2.24, 2.45) is 10.8 Å². The maximum absolute atomic E-state index is 5.26. The van der Waals surface area contributed by atoms with E-state index in [1.54, 1.807) is 29.7 Å². The van der Waals surface area contributed by atoms with Gasteiger partial charge in [0.25, 0.3) is 0 Å². The van der Waals surface area contributed by atoms with Crippen molar-refractivity contribution >= 4 is 47.1 Å². The molecule has 0 aliphatic rings. The zero-order chi connectivity index (χ0) is 12.0. The highest BCUT2D eigenvalue weighted by Crippen LogP contribution is 2.20. The predicted octanol–water partition coefficient (Wildman–Crippen LogP) is 1.69. The highest BCUT2D eigenvalue weighted by molar-refractivity contribution is 7.99. The first-order valence-corrected chi connectivity index (χ1v) is 7.20. The molecule has 0 radical (unpaired) electrons. The van der Waals surface area contributed by atoms with Gasteiger partial charge in [0.2, 0.25) is 0 Å². The Balaban J connectivity index is 2.87. The zero-order valence-electron chi connectivity index (χ0n) is 8.93. The fourth-order valence-corrected chi connectivity index (χ4v) is 2.02. The van der Waals surface area contributed by atoms with E-state index in [0.29, 0.717) is 0 Å². The van der Waals surface area contributed by atoms with Crippen molar-refractivity contribution in [1.82, 2.24) is 10.4 Å². The number of aromatic nitrogens is 1. The minimum atomic E-state index is 0.149. The lowest BCUT2D eigenvalue weighted by atomic mass is 10.3. The van der Waals surface area contributed by atoms with E-state index in [1.165, 1.54) is 0 Å². The lowest BCUT2D eigenvalue weighted by Crippen LogP contribution is -2.24. The van der Waals surface area contributed by atoms with E-state index in [1.807, 2.05) is 24.6 Å². The van der Waals surface area contributed by atoms with Crippen LogP contribution in [0.4, 0.5) is 0 Å². The van der Waals surface area contributed by atoms with Crippen LogP contribution in [0.3, 0.4) is 0 Å². The lowest BCUT2D eigenvalue weighted by Gasteiger charge is -2.03. The highest BCUT2D eigenvalue weighted by Gasteiger charge is 2.02. The molecule has 16 heavy (non-hydrogen) atoms. The molecule has 1 heterocycles. The van der Waals surface area contributed by atoms with Crippen LogP contribution in [0.1, 0.15) is 5.56 Å². The first kappa shape index (κ1) is 13.3. The molecule has 0 fully saturated rings. The number of nitrogens with one attached hydrogen (secondary N) is 1. The number of pyridine rings is 1. The average molecular weight is 272 g/mol. The van der Waals surface area contributed by atoms with Crippen LogP contribution < -0.4 is 11.2 Å². The lowest BCUT2D eigenvalue weighted by molar-refractivity contribution is 0.995. The molecule has 1 aromatic rings. The molecule has 0 spiro atoms. The van der Waals surface area contributed by atoms with Gasteiger partial charge in [0.05, 0.1) is 11.2 Å². The Morgan fingerprint density at radius 3 is 2.81 bits per heavy atom. The molecule has 0 bridgehead atoms. The van der Waals surface area contributed by atoms with E-state index in [9.17, 15) is 0 Å². The Morgan fingerprint density at radius 1 is 1.50 bits per heavy atom. The molecule has 4 nitrogen and oxygen atoms in total. The molecule has 0 aliphatic heterocycles.